The van der Waals surface area contributed by atoms with E-state index in [9.17, 15) is 4.39 Å². The molecule has 2 aromatic rings. The van der Waals surface area contributed by atoms with Gasteiger partial charge in [0.25, 0.3) is 0 Å². The van der Waals surface area contributed by atoms with Crippen LogP contribution in [0.3, 0.4) is 0 Å². The third-order valence-electron chi connectivity index (χ3n) is 2.89. The van der Waals surface area contributed by atoms with Crippen LogP contribution in [-0.2, 0) is 13.0 Å². The van der Waals surface area contributed by atoms with Crippen LogP contribution in [0.1, 0.15) is 16.7 Å². The lowest BCUT2D eigenvalue weighted by atomic mass is 10.1. The van der Waals surface area contributed by atoms with Crippen molar-refractivity contribution in [3.8, 4) is 5.75 Å². The van der Waals surface area contributed by atoms with Crippen molar-refractivity contribution < 1.29 is 9.13 Å². The Morgan fingerprint density at radius 1 is 1.05 bits per heavy atom. The molecule has 0 atom stereocenters. The van der Waals surface area contributed by atoms with E-state index < -0.39 is 0 Å². The van der Waals surface area contributed by atoms with Gasteiger partial charge in [-0.1, -0.05) is 29.8 Å². The number of nitrogens with two attached hydrogens (primary N) is 1. The Hall–Kier alpha value is -1.87. The molecule has 0 saturated carbocycles. The number of aryl methyl sites for hydroxylation is 1. The zero-order chi connectivity index (χ0) is 13.7. The Labute approximate surface area is 113 Å². The van der Waals surface area contributed by atoms with Crippen LogP contribution in [0.25, 0.3) is 0 Å². The summed E-state index contributed by atoms with van der Waals surface area (Å²) in [6.45, 7) is 2.98. The minimum absolute atomic E-state index is 0.287. The maximum Gasteiger partial charge on any atom is 0.127 e. The Morgan fingerprint density at radius 2 is 1.79 bits per heavy atom. The summed E-state index contributed by atoms with van der Waals surface area (Å²) in [5.41, 5.74) is 8.61. The highest BCUT2D eigenvalue weighted by Crippen LogP contribution is 2.18. The van der Waals surface area contributed by atoms with Gasteiger partial charge in [-0.2, -0.15) is 0 Å². The largest absolute Gasteiger partial charge is 0.489 e. The van der Waals surface area contributed by atoms with Crippen LogP contribution in [0.15, 0.2) is 42.5 Å². The summed E-state index contributed by atoms with van der Waals surface area (Å²) in [7, 11) is 0. The Morgan fingerprint density at radius 3 is 2.47 bits per heavy atom. The van der Waals surface area contributed by atoms with E-state index in [4.69, 9.17) is 10.5 Å². The minimum atomic E-state index is -0.287. The first-order valence-electron chi connectivity index (χ1n) is 6.35. The first-order valence-corrected chi connectivity index (χ1v) is 6.35. The summed E-state index contributed by atoms with van der Waals surface area (Å²) in [5.74, 6) is 0.258. The molecule has 0 spiro atoms. The van der Waals surface area contributed by atoms with E-state index in [1.165, 1.54) is 17.7 Å². The summed E-state index contributed by atoms with van der Waals surface area (Å²) in [6, 6.07) is 12.8. The van der Waals surface area contributed by atoms with E-state index in [0.717, 1.165) is 11.1 Å². The number of ether oxygens (including phenoxy) is 1. The smallest absolute Gasteiger partial charge is 0.127 e. The third kappa shape index (κ3) is 4.07. The normalized spacial score (nSPS) is 10.5. The molecule has 0 aromatic heterocycles. The molecule has 0 aliphatic carbocycles. The molecular formula is C16H18FNO. The quantitative estimate of drug-likeness (QED) is 0.894. The fraction of sp³-hybridized carbons (Fsp3) is 0.250. The molecule has 100 valence electrons. The van der Waals surface area contributed by atoms with Gasteiger partial charge in [-0.15, -0.1) is 0 Å². The van der Waals surface area contributed by atoms with Crippen molar-refractivity contribution in [2.45, 2.75) is 20.0 Å². The van der Waals surface area contributed by atoms with Gasteiger partial charge in [0, 0.05) is 6.07 Å². The van der Waals surface area contributed by atoms with Gasteiger partial charge >= 0.3 is 0 Å². The molecule has 0 fully saturated rings. The van der Waals surface area contributed by atoms with E-state index in [0.29, 0.717) is 25.3 Å². The zero-order valence-corrected chi connectivity index (χ0v) is 11.0. The van der Waals surface area contributed by atoms with Crippen molar-refractivity contribution in [1.29, 1.82) is 0 Å². The zero-order valence-electron chi connectivity index (χ0n) is 11.0. The fourth-order valence-corrected chi connectivity index (χ4v) is 1.87. The van der Waals surface area contributed by atoms with Crippen LogP contribution in [0.5, 0.6) is 5.75 Å². The van der Waals surface area contributed by atoms with Crippen LogP contribution >= 0.6 is 0 Å². The van der Waals surface area contributed by atoms with Crippen molar-refractivity contribution in [3.63, 3.8) is 0 Å². The molecule has 0 aliphatic rings. The molecule has 0 heterocycles. The van der Waals surface area contributed by atoms with E-state index in [1.54, 1.807) is 0 Å². The van der Waals surface area contributed by atoms with Crippen LogP contribution in [-0.4, -0.2) is 6.54 Å². The standard InChI is InChI=1S/C16H18FNO/c1-12-2-4-13(5-3-12)11-19-16-9-14(6-7-18)8-15(17)10-16/h2-5,8-10H,6-7,11,18H2,1H3. The Bertz CT molecular complexity index is 537. The van der Waals surface area contributed by atoms with Gasteiger partial charge in [0.05, 0.1) is 0 Å². The molecule has 0 amide bonds. The first kappa shape index (κ1) is 13.6. The number of hydrogen-bond donors (Lipinski definition) is 1. The molecule has 2 aromatic carbocycles. The summed E-state index contributed by atoms with van der Waals surface area (Å²) in [4.78, 5) is 0. The van der Waals surface area contributed by atoms with Gasteiger partial charge in [-0.05, 0) is 43.1 Å². The Kier molecular flexibility index (Phi) is 4.53. The topological polar surface area (TPSA) is 35.2 Å². The second-order valence-corrected chi connectivity index (χ2v) is 4.61. The molecule has 2 rings (SSSR count). The van der Waals surface area contributed by atoms with E-state index in [1.807, 2.05) is 37.3 Å². The van der Waals surface area contributed by atoms with Gasteiger partial charge in [0.15, 0.2) is 0 Å². The summed E-state index contributed by atoms with van der Waals surface area (Å²) < 4.78 is 19.0. The van der Waals surface area contributed by atoms with Gasteiger partial charge in [-0.3, -0.25) is 0 Å². The molecule has 2 N–H and O–H groups in total. The van der Waals surface area contributed by atoms with Gasteiger partial charge in [0.1, 0.15) is 18.2 Å². The van der Waals surface area contributed by atoms with E-state index >= 15 is 0 Å². The van der Waals surface area contributed by atoms with Crippen molar-refractivity contribution >= 4 is 0 Å². The molecule has 2 nitrogen and oxygen atoms in total. The van der Waals surface area contributed by atoms with E-state index in [-0.39, 0.29) is 5.82 Å². The van der Waals surface area contributed by atoms with Gasteiger partial charge in [0.2, 0.25) is 0 Å². The monoisotopic (exact) mass is 259 g/mol. The van der Waals surface area contributed by atoms with Crippen LogP contribution in [0.4, 0.5) is 4.39 Å². The van der Waals surface area contributed by atoms with Gasteiger partial charge in [-0.25, -0.2) is 4.39 Å². The van der Waals surface area contributed by atoms with Crippen LogP contribution in [0, 0.1) is 12.7 Å². The third-order valence-corrected chi connectivity index (χ3v) is 2.89. The minimum Gasteiger partial charge on any atom is -0.489 e. The summed E-state index contributed by atoms with van der Waals surface area (Å²) in [5, 5.41) is 0. The van der Waals surface area contributed by atoms with Crippen LogP contribution < -0.4 is 10.5 Å². The molecule has 19 heavy (non-hydrogen) atoms. The summed E-state index contributed by atoms with van der Waals surface area (Å²) >= 11 is 0. The predicted molar refractivity (Wildman–Crippen MR) is 74.7 cm³/mol. The second kappa shape index (κ2) is 6.34. The highest BCUT2D eigenvalue weighted by atomic mass is 19.1. The van der Waals surface area contributed by atoms with Gasteiger partial charge < -0.3 is 10.5 Å². The van der Waals surface area contributed by atoms with Crippen molar-refractivity contribution in [2.24, 2.45) is 5.73 Å². The van der Waals surface area contributed by atoms with Crippen LogP contribution in [0.2, 0.25) is 0 Å². The molecule has 3 heteroatoms. The maximum atomic E-state index is 13.4. The molecule has 0 aliphatic heterocycles. The van der Waals surface area contributed by atoms with E-state index in [2.05, 4.69) is 0 Å². The number of halogens is 1. The predicted octanol–water partition coefficient (Wildman–Crippen LogP) is 3.21. The maximum absolute atomic E-state index is 13.4. The molecular weight excluding hydrogens is 241 g/mol. The number of hydrogen-bond acceptors (Lipinski definition) is 2. The second-order valence-electron chi connectivity index (χ2n) is 4.61. The average Bonchev–Trinajstić information content (AvgIpc) is 2.38. The lowest BCUT2D eigenvalue weighted by Gasteiger charge is -2.09. The fourth-order valence-electron chi connectivity index (χ4n) is 1.87. The molecule has 0 saturated heterocycles. The highest BCUT2D eigenvalue weighted by Gasteiger charge is 2.02. The SMILES string of the molecule is Cc1ccc(COc2cc(F)cc(CCN)c2)cc1. The highest BCUT2D eigenvalue weighted by molar-refractivity contribution is 5.30. The lowest BCUT2D eigenvalue weighted by molar-refractivity contribution is 0.304. The van der Waals surface area contributed by atoms with Crippen molar-refractivity contribution in [3.05, 3.63) is 65.0 Å². The lowest BCUT2D eigenvalue weighted by Crippen LogP contribution is -2.03. The molecule has 0 unspecified atom stereocenters. The summed E-state index contributed by atoms with van der Waals surface area (Å²) in [6.07, 6.45) is 0.651. The average molecular weight is 259 g/mol. The molecule has 0 radical (unpaired) electrons. The number of benzene rings is 2. The molecule has 0 bridgehead atoms. The first-order chi connectivity index (χ1) is 9.17. The Balaban J connectivity index is 2.04. The van der Waals surface area contributed by atoms with Crippen molar-refractivity contribution in [2.75, 3.05) is 6.54 Å². The van der Waals surface area contributed by atoms with Crippen molar-refractivity contribution in [1.82, 2.24) is 0 Å². The number of rotatable bonds is 5.